The molecule has 1 heterocycles. The van der Waals surface area contributed by atoms with Crippen LogP contribution >= 0.6 is 23.1 Å². The van der Waals surface area contributed by atoms with Crippen LogP contribution in [-0.4, -0.2) is 42.2 Å². The minimum atomic E-state index is -0.524. The van der Waals surface area contributed by atoms with Gasteiger partial charge in [0.2, 0.25) is 5.91 Å². The Bertz CT molecular complexity index is 1910. The van der Waals surface area contributed by atoms with Crippen LogP contribution in [0.25, 0.3) is 17.3 Å². The molecule has 0 radical (unpaired) electrons. The second-order valence-electron chi connectivity index (χ2n) is 10.1. The van der Waals surface area contributed by atoms with Crippen LogP contribution in [0.2, 0.25) is 0 Å². The molecule has 11 heteroatoms. The Kier molecular flexibility index (Phi) is 11.1. The number of methoxy groups -OCH3 is 2. The van der Waals surface area contributed by atoms with Gasteiger partial charge in [-0.05, 0) is 61.5 Å². The molecule has 0 bridgehead atoms. The number of carbonyl (C=O) groups is 3. The zero-order valence-electron chi connectivity index (χ0n) is 25.9. The van der Waals surface area contributed by atoms with Gasteiger partial charge in [-0.1, -0.05) is 54.6 Å². The maximum atomic E-state index is 13.6. The van der Waals surface area contributed by atoms with Gasteiger partial charge >= 0.3 is 0 Å². The van der Waals surface area contributed by atoms with E-state index in [1.165, 1.54) is 30.2 Å². The molecule has 238 valence electrons. The number of carbonyl (C=O) groups excluding carboxylic acids is 3. The number of nitrogens with one attached hydrogen (secondary N) is 3. The molecule has 47 heavy (non-hydrogen) atoms. The number of rotatable bonds is 12. The van der Waals surface area contributed by atoms with Gasteiger partial charge in [0, 0.05) is 32.7 Å². The predicted molar refractivity (Wildman–Crippen MR) is 188 cm³/mol. The summed E-state index contributed by atoms with van der Waals surface area (Å²) in [5.41, 5.74) is 3.19. The third kappa shape index (κ3) is 8.87. The summed E-state index contributed by atoms with van der Waals surface area (Å²) >= 11 is 2.68. The second kappa shape index (κ2) is 15.7. The molecule has 5 rings (SSSR count). The molecule has 0 aliphatic rings. The van der Waals surface area contributed by atoms with Gasteiger partial charge in [-0.2, -0.15) is 0 Å². The highest BCUT2D eigenvalue weighted by Gasteiger charge is 2.19. The number of para-hydroxylation sites is 1. The lowest BCUT2D eigenvalue weighted by Crippen LogP contribution is -2.30. The smallest absolute Gasteiger partial charge is 0.272 e. The van der Waals surface area contributed by atoms with Crippen molar-refractivity contribution in [3.63, 3.8) is 0 Å². The van der Waals surface area contributed by atoms with Crippen molar-refractivity contribution in [3.05, 3.63) is 125 Å². The van der Waals surface area contributed by atoms with Crippen molar-refractivity contribution in [2.45, 2.75) is 17.1 Å². The number of nitrogens with zero attached hydrogens (tertiary/aromatic N) is 1. The lowest BCUT2D eigenvalue weighted by molar-refractivity contribution is -0.115. The Morgan fingerprint density at radius 3 is 2.40 bits per heavy atom. The molecule has 3 amide bonds. The van der Waals surface area contributed by atoms with Crippen molar-refractivity contribution in [2.75, 3.05) is 24.9 Å². The molecule has 4 aromatic carbocycles. The number of thiazole rings is 1. The largest absolute Gasteiger partial charge is 0.497 e. The van der Waals surface area contributed by atoms with Gasteiger partial charge in [-0.15, -0.1) is 23.1 Å². The van der Waals surface area contributed by atoms with Gasteiger partial charge in [0.1, 0.15) is 17.2 Å². The van der Waals surface area contributed by atoms with Crippen LogP contribution in [0.5, 0.6) is 11.5 Å². The SMILES string of the molecule is COc1cccc(-c2csc(NC(=O)C(C)Sc3cccc(NC(=O)/C(=C\c4ccccc4OC)NC(=O)c4ccccc4)c3)n2)c1. The lowest BCUT2D eigenvalue weighted by Gasteiger charge is -2.14. The van der Waals surface area contributed by atoms with Crippen LogP contribution in [-0.2, 0) is 9.59 Å². The fourth-order valence-electron chi connectivity index (χ4n) is 4.44. The average molecular weight is 665 g/mol. The summed E-state index contributed by atoms with van der Waals surface area (Å²) in [5, 5.41) is 10.4. The molecule has 0 aliphatic heterocycles. The molecule has 1 unspecified atom stereocenters. The van der Waals surface area contributed by atoms with Crippen LogP contribution in [0, 0.1) is 0 Å². The van der Waals surface area contributed by atoms with Crippen molar-refractivity contribution in [2.24, 2.45) is 0 Å². The van der Waals surface area contributed by atoms with Crippen molar-refractivity contribution in [3.8, 4) is 22.8 Å². The Labute approximate surface area is 281 Å². The van der Waals surface area contributed by atoms with E-state index in [0.29, 0.717) is 27.7 Å². The number of benzene rings is 4. The summed E-state index contributed by atoms with van der Waals surface area (Å²) in [6.45, 7) is 1.80. The number of hydrogen-bond donors (Lipinski definition) is 3. The average Bonchev–Trinajstić information content (AvgIpc) is 3.57. The molecule has 0 saturated heterocycles. The number of aromatic nitrogens is 1. The first-order chi connectivity index (χ1) is 22.8. The number of thioether (sulfide) groups is 1. The lowest BCUT2D eigenvalue weighted by atomic mass is 10.1. The molecular formula is C36H32N4O5S2. The number of hydrogen-bond acceptors (Lipinski definition) is 8. The molecule has 0 spiro atoms. The van der Waals surface area contributed by atoms with Crippen molar-refractivity contribution in [1.82, 2.24) is 10.3 Å². The van der Waals surface area contributed by atoms with E-state index in [1.54, 1.807) is 74.7 Å². The van der Waals surface area contributed by atoms with E-state index in [9.17, 15) is 14.4 Å². The van der Waals surface area contributed by atoms with E-state index >= 15 is 0 Å². The number of anilines is 2. The summed E-state index contributed by atoms with van der Waals surface area (Å²) < 4.78 is 10.7. The van der Waals surface area contributed by atoms with Gasteiger partial charge in [-0.3, -0.25) is 14.4 Å². The van der Waals surface area contributed by atoms with E-state index in [4.69, 9.17) is 9.47 Å². The third-order valence-corrected chi connectivity index (χ3v) is 8.69. The summed E-state index contributed by atoms with van der Waals surface area (Å²) in [6, 6.07) is 30.6. The molecule has 9 nitrogen and oxygen atoms in total. The van der Waals surface area contributed by atoms with Crippen LogP contribution in [0.3, 0.4) is 0 Å². The first-order valence-electron chi connectivity index (χ1n) is 14.5. The van der Waals surface area contributed by atoms with Crippen LogP contribution in [0.15, 0.2) is 119 Å². The zero-order valence-corrected chi connectivity index (χ0v) is 27.5. The summed E-state index contributed by atoms with van der Waals surface area (Å²) in [6.07, 6.45) is 1.57. The maximum absolute atomic E-state index is 13.6. The molecule has 0 fully saturated rings. The van der Waals surface area contributed by atoms with Crippen LogP contribution in [0.4, 0.5) is 10.8 Å². The van der Waals surface area contributed by atoms with Crippen molar-refractivity contribution in [1.29, 1.82) is 0 Å². The van der Waals surface area contributed by atoms with Gasteiger partial charge in [0.25, 0.3) is 11.8 Å². The quantitative estimate of drug-likeness (QED) is 0.0943. The van der Waals surface area contributed by atoms with E-state index in [1.807, 2.05) is 53.9 Å². The van der Waals surface area contributed by atoms with Crippen LogP contribution in [0.1, 0.15) is 22.8 Å². The molecule has 0 saturated carbocycles. The number of ether oxygens (including phenoxy) is 2. The highest BCUT2D eigenvalue weighted by atomic mass is 32.2. The molecule has 1 aromatic heterocycles. The van der Waals surface area contributed by atoms with E-state index in [2.05, 4.69) is 20.9 Å². The summed E-state index contributed by atoms with van der Waals surface area (Å²) in [7, 11) is 3.15. The van der Waals surface area contributed by atoms with Gasteiger partial charge in [0.15, 0.2) is 5.13 Å². The van der Waals surface area contributed by atoms with E-state index in [0.717, 1.165) is 21.9 Å². The minimum absolute atomic E-state index is 0.0333. The molecule has 0 aliphatic carbocycles. The maximum Gasteiger partial charge on any atom is 0.272 e. The van der Waals surface area contributed by atoms with Crippen LogP contribution < -0.4 is 25.4 Å². The van der Waals surface area contributed by atoms with Crippen molar-refractivity contribution >= 4 is 57.7 Å². The standard InChI is InChI=1S/C36H32N4O5S2/c1-23(33(41)40-36-39-31(22-46-36)25-14-9-16-28(19-25)44-2)47-29-17-10-15-27(21-29)37-35(43)30(20-26-13-7-8-18-32(26)45-3)38-34(42)24-11-5-4-6-12-24/h4-23H,1-3H3,(H,37,43)(H,38,42)(H,39,40,41)/b30-20+. The molecular weight excluding hydrogens is 633 g/mol. The number of amides is 3. The third-order valence-electron chi connectivity index (χ3n) is 6.84. The Balaban J connectivity index is 1.26. The summed E-state index contributed by atoms with van der Waals surface area (Å²) in [5.74, 6) is 0.115. The second-order valence-corrected chi connectivity index (χ2v) is 12.4. The first-order valence-corrected chi connectivity index (χ1v) is 16.3. The van der Waals surface area contributed by atoms with E-state index in [-0.39, 0.29) is 11.6 Å². The van der Waals surface area contributed by atoms with Gasteiger partial charge in [0.05, 0.1) is 25.2 Å². The molecule has 1 atom stereocenters. The highest BCUT2D eigenvalue weighted by molar-refractivity contribution is 8.00. The Hall–Kier alpha value is -5.39. The van der Waals surface area contributed by atoms with Crippen molar-refractivity contribution < 1.29 is 23.9 Å². The molecule has 3 N–H and O–H groups in total. The fraction of sp³-hybridized carbons (Fsp3) is 0.111. The monoisotopic (exact) mass is 664 g/mol. The van der Waals surface area contributed by atoms with Gasteiger partial charge < -0.3 is 25.4 Å². The minimum Gasteiger partial charge on any atom is -0.497 e. The zero-order chi connectivity index (χ0) is 33.2. The first kappa shape index (κ1) is 33.0. The molecule has 5 aromatic rings. The normalized spacial score (nSPS) is 11.7. The Morgan fingerprint density at radius 2 is 1.62 bits per heavy atom. The van der Waals surface area contributed by atoms with Gasteiger partial charge in [-0.25, -0.2) is 4.98 Å². The predicted octanol–water partition coefficient (Wildman–Crippen LogP) is 7.36. The van der Waals surface area contributed by atoms with E-state index < -0.39 is 17.1 Å². The summed E-state index contributed by atoms with van der Waals surface area (Å²) in [4.78, 5) is 44.9. The fourth-order valence-corrected chi connectivity index (χ4v) is 6.09. The Morgan fingerprint density at radius 1 is 0.851 bits per heavy atom. The highest BCUT2D eigenvalue weighted by Crippen LogP contribution is 2.30. The topological polar surface area (TPSA) is 119 Å².